The average molecular weight is 506 g/mol. The third kappa shape index (κ3) is 7.83. The van der Waals surface area contributed by atoms with Crippen LogP contribution in [0.25, 0.3) is 0 Å². The zero-order valence-electron chi connectivity index (χ0n) is 21.1. The molecule has 37 heavy (non-hydrogen) atoms. The smallest absolute Gasteiger partial charge is 0.412 e. The minimum atomic E-state index is -0.834. The molecule has 1 atom stereocenters. The van der Waals surface area contributed by atoms with Crippen LogP contribution in [0.1, 0.15) is 43.9 Å². The quantitative estimate of drug-likeness (QED) is 0.191. The molecule has 0 saturated carbocycles. The van der Waals surface area contributed by atoms with E-state index in [0.717, 1.165) is 11.6 Å². The summed E-state index contributed by atoms with van der Waals surface area (Å²) in [6.45, 7) is 5.72. The molecule has 0 aliphatic carbocycles. The molecule has 8 heteroatoms. The molecular weight excluding hydrogens is 473 g/mol. The molecule has 0 unspecified atom stereocenters. The van der Waals surface area contributed by atoms with Crippen molar-refractivity contribution in [1.29, 1.82) is 0 Å². The Kier molecular flexibility index (Phi) is 8.90. The predicted molar refractivity (Wildman–Crippen MR) is 144 cm³/mol. The number of nitrogen functional groups attached to an aromatic ring is 1. The Hall–Kier alpha value is -4.33. The lowest BCUT2D eigenvalue weighted by Gasteiger charge is -2.34. The number of carbonyl (C=O) groups is 2. The zero-order chi connectivity index (χ0) is 27.0. The van der Waals surface area contributed by atoms with Gasteiger partial charge in [0.05, 0.1) is 11.4 Å². The first kappa shape index (κ1) is 27.3. The Morgan fingerprint density at radius 1 is 1.08 bits per heavy atom. The van der Waals surface area contributed by atoms with Gasteiger partial charge in [-0.05, 0) is 67.8 Å². The van der Waals surface area contributed by atoms with Crippen LogP contribution in [0.4, 0.5) is 26.2 Å². The first-order valence-electron chi connectivity index (χ1n) is 11.9. The van der Waals surface area contributed by atoms with Crippen LogP contribution in [0.2, 0.25) is 0 Å². The number of phenols is 1. The van der Waals surface area contributed by atoms with Crippen molar-refractivity contribution < 1.29 is 23.8 Å². The maximum Gasteiger partial charge on any atom is 0.412 e. The summed E-state index contributed by atoms with van der Waals surface area (Å²) in [7, 11) is 0. The SMILES string of the molecule is Cc1ccc(NC(=O)O[C@@H](c2ccc(O)c(F)c2)C(C)(C)CC/C=C/C(=O)Nc2ccccc2N)cc1. The topological polar surface area (TPSA) is 114 Å². The van der Waals surface area contributed by atoms with Gasteiger partial charge in [0.15, 0.2) is 11.6 Å². The molecule has 0 aromatic heterocycles. The van der Waals surface area contributed by atoms with Gasteiger partial charge in [-0.2, -0.15) is 0 Å². The van der Waals surface area contributed by atoms with Crippen molar-refractivity contribution >= 4 is 29.1 Å². The number of phenolic OH excluding ortho intramolecular Hbond substituents is 1. The number of rotatable bonds is 9. The summed E-state index contributed by atoms with van der Waals surface area (Å²) >= 11 is 0. The molecule has 0 saturated heterocycles. The van der Waals surface area contributed by atoms with Gasteiger partial charge in [0.2, 0.25) is 5.91 Å². The van der Waals surface area contributed by atoms with Crippen LogP contribution in [0, 0.1) is 18.2 Å². The van der Waals surface area contributed by atoms with Crippen molar-refractivity contribution in [3.05, 3.63) is 95.8 Å². The Labute approximate surface area is 216 Å². The summed E-state index contributed by atoms with van der Waals surface area (Å²) in [6, 6.07) is 18.1. The number of aryl methyl sites for hydroxylation is 1. The van der Waals surface area contributed by atoms with E-state index < -0.39 is 29.2 Å². The molecule has 3 aromatic rings. The monoisotopic (exact) mass is 505 g/mol. The highest BCUT2D eigenvalue weighted by molar-refractivity contribution is 6.01. The van der Waals surface area contributed by atoms with Gasteiger partial charge in [0, 0.05) is 11.1 Å². The molecule has 0 aliphatic heterocycles. The summed E-state index contributed by atoms with van der Waals surface area (Å²) in [4.78, 5) is 25.0. The van der Waals surface area contributed by atoms with E-state index in [1.807, 2.05) is 32.9 Å². The fourth-order valence-corrected chi connectivity index (χ4v) is 3.82. The molecule has 2 amide bonds. The van der Waals surface area contributed by atoms with Crippen molar-refractivity contribution in [2.75, 3.05) is 16.4 Å². The van der Waals surface area contributed by atoms with Crippen molar-refractivity contribution in [1.82, 2.24) is 0 Å². The Morgan fingerprint density at radius 2 is 1.78 bits per heavy atom. The number of ether oxygens (including phenoxy) is 1. The number of benzene rings is 3. The summed E-state index contributed by atoms with van der Waals surface area (Å²) in [5, 5.41) is 15.0. The maximum atomic E-state index is 14.2. The number of hydrogen-bond acceptors (Lipinski definition) is 5. The number of aromatic hydroxyl groups is 1. The molecular formula is C29H32FN3O4. The van der Waals surface area contributed by atoms with Crippen LogP contribution in [-0.4, -0.2) is 17.1 Å². The summed E-state index contributed by atoms with van der Waals surface area (Å²) in [5.74, 6) is -1.61. The van der Waals surface area contributed by atoms with Crippen LogP contribution >= 0.6 is 0 Å². The van der Waals surface area contributed by atoms with Crippen LogP contribution in [0.5, 0.6) is 5.75 Å². The molecule has 5 N–H and O–H groups in total. The van der Waals surface area contributed by atoms with Crippen molar-refractivity contribution in [3.63, 3.8) is 0 Å². The molecule has 0 spiro atoms. The van der Waals surface area contributed by atoms with Crippen LogP contribution in [0.3, 0.4) is 0 Å². The van der Waals surface area contributed by atoms with Crippen molar-refractivity contribution in [3.8, 4) is 5.75 Å². The largest absolute Gasteiger partial charge is 0.505 e. The van der Waals surface area contributed by atoms with E-state index in [4.69, 9.17) is 10.5 Å². The van der Waals surface area contributed by atoms with Gasteiger partial charge in [-0.3, -0.25) is 10.1 Å². The minimum absolute atomic E-state index is 0.318. The molecule has 7 nitrogen and oxygen atoms in total. The highest BCUT2D eigenvalue weighted by Gasteiger charge is 2.34. The second-order valence-electron chi connectivity index (χ2n) is 9.49. The van der Waals surface area contributed by atoms with Gasteiger partial charge < -0.3 is 20.9 Å². The Balaban J connectivity index is 1.70. The number of allylic oxidation sites excluding steroid dienone is 1. The Bertz CT molecular complexity index is 1270. The molecule has 0 aliphatic rings. The number of para-hydroxylation sites is 2. The molecule has 0 fully saturated rings. The van der Waals surface area contributed by atoms with Crippen molar-refractivity contribution in [2.45, 2.75) is 39.7 Å². The van der Waals surface area contributed by atoms with Gasteiger partial charge in [-0.15, -0.1) is 0 Å². The maximum absolute atomic E-state index is 14.2. The normalized spacial score (nSPS) is 12.2. The summed E-state index contributed by atoms with van der Waals surface area (Å²) in [6.07, 6.45) is 2.62. The van der Waals surface area contributed by atoms with Gasteiger partial charge in [0.1, 0.15) is 6.10 Å². The van der Waals surface area contributed by atoms with Crippen molar-refractivity contribution in [2.24, 2.45) is 5.41 Å². The van der Waals surface area contributed by atoms with E-state index in [-0.39, 0.29) is 5.91 Å². The number of halogens is 1. The lowest BCUT2D eigenvalue weighted by Crippen LogP contribution is -2.29. The fourth-order valence-electron chi connectivity index (χ4n) is 3.82. The average Bonchev–Trinajstić information content (AvgIpc) is 2.85. The van der Waals surface area contributed by atoms with Gasteiger partial charge in [-0.1, -0.05) is 55.8 Å². The molecule has 3 aromatic carbocycles. The van der Waals surface area contributed by atoms with Gasteiger partial charge in [0.25, 0.3) is 0 Å². The van der Waals surface area contributed by atoms with E-state index >= 15 is 0 Å². The first-order valence-corrected chi connectivity index (χ1v) is 11.9. The molecule has 0 bridgehead atoms. The molecule has 3 rings (SSSR count). The lowest BCUT2D eigenvalue weighted by atomic mass is 9.78. The van der Waals surface area contributed by atoms with E-state index in [9.17, 15) is 19.1 Å². The van der Waals surface area contributed by atoms with Crippen LogP contribution < -0.4 is 16.4 Å². The predicted octanol–water partition coefficient (Wildman–Crippen LogP) is 6.71. The number of nitrogens with one attached hydrogen (secondary N) is 2. The highest BCUT2D eigenvalue weighted by Crippen LogP contribution is 2.41. The minimum Gasteiger partial charge on any atom is -0.505 e. The standard InChI is InChI=1S/C29H32FN3O4/c1-19-11-14-21(15-12-19)32-28(36)37-27(20-13-16-25(34)22(30)18-20)29(2,3)17-7-6-10-26(35)33-24-9-5-4-8-23(24)31/h4-6,8-16,18,27,34H,7,17,31H2,1-3H3,(H,32,36)(H,33,35)/b10-6+/t27-/m0/s1. The lowest BCUT2D eigenvalue weighted by molar-refractivity contribution is -0.111. The zero-order valence-corrected chi connectivity index (χ0v) is 21.1. The van der Waals surface area contributed by atoms with Gasteiger partial charge >= 0.3 is 6.09 Å². The summed E-state index contributed by atoms with van der Waals surface area (Å²) < 4.78 is 20.0. The molecule has 0 radical (unpaired) electrons. The van der Waals surface area contributed by atoms with E-state index in [1.165, 1.54) is 18.2 Å². The first-order chi connectivity index (χ1) is 17.5. The third-order valence-corrected chi connectivity index (χ3v) is 5.95. The summed E-state index contributed by atoms with van der Waals surface area (Å²) in [5.41, 5.74) is 8.22. The molecule has 194 valence electrons. The number of anilines is 3. The third-order valence-electron chi connectivity index (χ3n) is 5.95. The van der Waals surface area contributed by atoms with Gasteiger partial charge in [-0.25, -0.2) is 9.18 Å². The van der Waals surface area contributed by atoms with Crippen LogP contribution in [0.15, 0.2) is 78.9 Å². The Morgan fingerprint density at radius 3 is 2.46 bits per heavy atom. The number of nitrogens with two attached hydrogens (primary N) is 1. The van der Waals surface area contributed by atoms with E-state index in [0.29, 0.717) is 35.5 Å². The highest BCUT2D eigenvalue weighted by atomic mass is 19.1. The number of amides is 2. The second kappa shape index (κ2) is 12.1. The number of carbonyl (C=O) groups excluding carboxylic acids is 2. The van der Waals surface area contributed by atoms with Crippen LogP contribution in [-0.2, 0) is 9.53 Å². The fraction of sp³-hybridized carbons (Fsp3) is 0.241. The molecule has 0 heterocycles. The van der Waals surface area contributed by atoms with E-state index in [2.05, 4.69) is 10.6 Å². The second-order valence-corrected chi connectivity index (χ2v) is 9.49. The van der Waals surface area contributed by atoms with E-state index in [1.54, 1.807) is 42.5 Å². The number of hydrogen-bond donors (Lipinski definition) is 4.